The molecule has 122 valence electrons. The van der Waals surface area contributed by atoms with Crippen LogP contribution in [0.25, 0.3) is 0 Å². The van der Waals surface area contributed by atoms with Crippen LogP contribution in [0.4, 0.5) is 0 Å². The zero-order valence-corrected chi connectivity index (χ0v) is 13.3. The fourth-order valence-electron chi connectivity index (χ4n) is 2.13. The first-order chi connectivity index (χ1) is 11.2. The second-order valence-corrected chi connectivity index (χ2v) is 5.30. The number of amides is 2. The molecule has 0 unspecified atom stereocenters. The highest BCUT2D eigenvalue weighted by molar-refractivity contribution is 5.97. The van der Waals surface area contributed by atoms with Crippen LogP contribution in [0.15, 0.2) is 47.1 Å². The average Bonchev–Trinajstić information content (AvgIpc) is 3.10. The van der Waals surface area contributed by atoms with E-state index in [0.29, 0.717) is 30.0 Å². The normalized spacial score (nSPS) is 10.3. The van der Waals surface area contributed by atoms with Crippen LogP contribution in [0.5, 0.6) is 0 Å². The molecule has 0 radical (unpaired) electrons. The van der Waals surface area contributed by atoms with Crippen LogP contribution in [-0.4, -0.2) is 18.4 Å². The zero-order chi connectivity index (χ0) is 16.5. The number of furan rings is 1. The lowest BCUT2D eigenvalue weighted by Crippen LogP contribution is -2.25. The zero-order valence-electron chi connectivity index (χ0n) is 13.3. The molecular formula is C18H22N2O3. The average molecular weight is 314 g/mol. The molecule has 2 aromatic rings. The maximum Gasteiger partial charge on any atom is 0.251 e. The van der Waals surface area contributed by atoms with Crippen molar-refractivity contribution < 1.29 is 14.0 Å². The number of hydrogen-bond acceptors (Lipinski definition) is 3. The smallest absolute Gasteiger partial charge is 0.251 e. The number of rotatable bonds is 8. The Morgan fingerprint density at radius 2 is 1.61 bits per heavy atom. The van der Waals surface area contributed by atoms with Crippen LogP contribution in [-0.2, 0) is 6.54 Å². The van der Waals surface area contributed by atoms with Gasteiger partial charge < -0.3 is 15.1 Å². The minimum Gasteiger partial charge on any atom is -0.467 e. The van der Waals surface area contributed by atoms with Crippen LogP contribution in [0.3, 0.4) is 0 Å². The van der Waals surface area contributed by atoms with Crippen molar-refractivity contribution in [1.82, 2.24) is 10.6 Å². The summed E-state index contributed by atoms with van der Waals surface area (Å²) in [5.41, 5.74) is 1.07. The van der Waals surface area contributed by atoms with Gasteiger partial charge in [0.2, 0.25) is 0 Å². The van der Waals surface area contributed by atoms with E-state index in [0.717, 1.165) is 19.3 Å². The largest absolute Gasteiger partial charge is 0.467 e. The Kier molecular flexibility index (Phi) is 6.41. The lowest BCUT2D eigenvalue weighted by Gasteiger charge is -2.06. The molecule has 2 amide bonds. The summed E-state index contributed by atoms with van der Waals surface area (Å²) in [6, 6.07) is 10.2. The van der Waals surface area contributed by atoms with Gasteiger partial charge in [-0.1, -0.05) is 19.8 Å². The molecule has 0 spiro atoms. The lowest BCUT2D eigenvalue weighted by molar-refractivity contribution is 0.0938. The van der Waals surface area contributed by atoms with Gasteiger partial charge in [-0.2, -0.15) is 0 Å². The monoisotopic (exact) mass is 314 g/mol. The van der Waals surface area contributed by atoms with Crippen molar-refractivity contribution >= 4 is 11.8 Å². The van der Waals surface area contributed by atoms with Gasteiger partial charge in [-0.3, -0.25) is 9.59 Å². The number of benzene rings is 1. The third-order valence-corrected chi connectivity index (χ3v) is 3.48. The van der Waals surface area contributed by atoms with E-state index >= 15 is 0 Å². The maximum absolute atomic E-state index is 12.0. The summed E-state index contributed by atoms with van der Waals surface area (Å²) in [7, 11) is 0. The Labute approximate surface area is 136 Å². The van der Waals surface area contributed by atoms with E-state index in [1.54, 1.807) is 42.7 Å². The van der Waals surface area contributed by atoms with Crippen LogP contribution in [0.2, 0.25) is 0 Å². The number of nitrogens with one attached hydrogen (secondary N) is 2. The van der Waals surface area contributed by atoms with Gasteiger partial charge in [-0.05, 0) is 42.8 Å². The Morgan fingerprint density at radius 3 is 2.17 bits per heavy atom. The van der Waals surface area contributed by atoms with Gasteiger partial charge in [0.15, 0.2) is 0 Å². The summed E-state index contributed by atoms with van der Waals surface area (Å²) in [5, 5.41) is 5.64. The minimum atomic E-state index is -0.198. The molecule has 2 rings (SSSR count). The molecule has 0 aliphatic heterocycles. The van der Waals surface area contributed by atoms with E-state index in [4.69, 9.17) is 4.42 Å². The molecule has 0 bridgehead atoms. The Balaban J connectivity index is 1.83. The summed E-state index contributed by atoms with van der Waals surface area (Å²) < 4.78 is 5.16. The van der Waals surface area contributed by atoms with Gasteiger partial charge in [0, 0.05) is 17.7 Å². The van der Waals surface area contributed by atoms with E-state index in [1.807, 2.05) is 0 Å². The van der Waals surface area contributed by atoms with Gasteiger partial charge in [0.1, 0.15) is 5.76 Å². The fourth-order valence-corrected chi connectivity index (χ4v) is 2.13. The second-order valence-electron chi connectivity index (χ2n) is 5.30. The van der Waals surface area contributed by atoms with Gasteiger partial charge in [0.05, 0.1) is 12.8 Å². The van der Waals surface area contributed by atoms with Gasteiger partial charge in [-0.25, -0.2) is 0 Å². The first-order valence-electron chi connectivity index (χ1n) is 7.89. The number of carbonyl (C=O) groups is 2. The molecule has 0 saturated heterocycles. The van der Waals surface area contributed by atoms with Crippen LogP contribution < -0.4 is 10.6 Å². The van der Waals surface area contributed by atoms with E-state index in [-0.39, 0.29) is 11.8 Å². The standard InChI is InChI=1S/C18H22N2O3/c1-2-3-4-11-19-17(21)14-7-9-15(10-8-14)18(22)20-13-16-6-5-12-23-16/h5-10,12H,2-4,11,13H2,1H3,(H,19,21)(H,20,22). The van der Waals surface area contributed by atoms with Crippen molar-refractivity contribution in [1.29, 1.82) is 0 Å². The third-order valence-electron chi connectivity index (χ3n) is 3.48. The molecule has 0 aliphatic rings. The van der Waals surface area contributed by atoms with Crippen LogP contribution >= 0.6 is 0 Å². The van der Waals surface area contributed by atoms with Crippen LogP contribution in [0.1, 0.15) is 52.7 Å². The summed E-state index contributed by atoms with van der Waals surface area (Å²) in [4.78, 5) is 24.0. The quantitative estimate of drug-likeness (QED) is 0.735. The summed E-state index contributed by atoms with van der Waals surface area (Å²) in [5.74, 6) is 0.390. The predicted octanol–water partition coefficient (Wildman–Crippen LogP) is 3.13. The highest BCUT2D eigenvalue weighted by Gasteiger charge is 2.09. The Hall–Kier alpha value is -2.56. The number of unbranched alkanes of at least 4 members (excludes halogenated alkanes) is 2. The maximum atomic E-state index is 12.0. The van der Waals surface area contributed by atoms with E-state index in [1.165, 1.54) is 0 Å². The van der Waals surface area contributed by atoms with Crippen molar-refractivity contribution in [3.05, 3.63) is 59.5 Å². The molecule has 1 aromatic heterocycles. The van der Waals surface area contributed by atoms with Gasteiger partial charge >= 0.3 is 0 Å². The highest BCUT2D eigenvalue weighted by atomic mass is 16.3. The van der Waals surface area contributed by atoms with E-state index in [2.05, 4.69) is 17.6 Å². The van der Waals surface area contributed by atoms with E-state index < -0.39 is 0 Å². The first-order valence-corrected chi connectivity index (χ1v) is 7.89. The molecule has 0 saturated carbocycles. The van der Waals surface area contributed by atoms with Crippen molar-refractivity contribution in [3.8, 4) is 0 Å². The molecule has 1 heterocycles. The summed E-state index contributed by atoms with van der Waals surface area (Å²) in [6.45, 7) is 3.14. The number of hydrogen-bond donors (Lipinski definition) is 2. The highest BCUT2D eigenvalue weighted by Crippen LogP contribution is 2.06. The molecule has 1 aromatic carbocycles. The predicted molar refractivity (Wildman–Crippen MR) is 88.2 cm³/mol. The summed E-state index contributed by atoms with van der Waals surface area (Å²) >= 11 is 0. The first kappa shape index (κ1) is 16.8. The molecule has 0 fully saturated rings. The van der Waals surface area contributed by atoms with Crippen molar-refractivity contribution in [3.63, 3.8) is 0 Å². The van der Waals surface area contributed by atoms with Gasteiger partial charge in [0.25, 0.3) is 11.8 Å². The minimum absolute atomic E-state index is 0.108. The molecule has 5 heteroatoms. The van der Waals surface area contributed by atoms with Gasteiger partial charge in [-0.15, -0.1) is 0 Å². The Bertz CT molecular complexity index is 618. The number of carbonyl (C=O) groups excluding carboxylic acids is 2. The van der Waals surface area contributed by atoms with Crippen molar-refractivity contribution in [2.45, 2.75) is 32.7 Å². The van der Waals surface area contributed by atoms with E-state index in [9.17, 15) is 9.59 Å². The molecule has 0 aliphatic carbocycles. The SMILES string of the molecule is CCCCCNC(=O)c1ccc(C(=O)NCc2ccco2)cc1. The second kappa shape index (κ2) is 8.78. The third kappa shape index (κ3) is 5.29. The lowest BCUT2D eigenvalue weighted by atomic mass is 10.1. The molecule has 2 N–H and O–H groups in total. The molecule has 0 atom stereocenters. The fraction of sp³-hybridized carbons (Fsp3) is 0.333. The summed E-state index contributed by atoms with van der Waals surface area (Å²) in [6.07, 6.45) is 4.78. The topological polar surface area (TPSA) is 71.3 Å². The molecular weight excluding hydrogens is 292 g/mol. The molecule has 23 heavy (non-hydrogen) atoms. The molecule has 5 nitrogen and oxygen atoms in total. The van der Waals surface area contributed by atoms with Crippen molar-refractivity contribution in [2.75, 3.05) is 6.54 Å². The Morgan fingerprint density at radius 1 is 0.957 bits per heavy atom. The van der Waals surface area contributed by atoms with Crippen molar-refractivity contribution in [2.24, 2.45) is 0 Å². The van der Waals surface area contributed by atoms with Crippen LogP contribution in [0, 0.1) is 0 Å².